The lowest BCUT2D eigenvalue weighted by atomic mass is 10.0. The molecule has 0 heterocycles. The molecule has 6 nitrogen and oxygen atoms in total. The molecule has 0 aliphatic rings. The van der Waals surface area contributed by atoms with Crippen LogP contribution in [0.2, 0.25) is 0 Å². The summed E-state index contributed by atoms with van der Waals surface area (Å²) in [6, 6.07) is 12.5. The third kappa shape index (κ3) is 14.0. The Morgan fingerprint density at radius 3 is 1.80 bits per heavy atom. The highest BCUT2D eigenvalue weighted by Crippen LogP contribution is 2.20. The van der Waals surface area contributed by atoms with Crippen molar-refractivity contribution in [3.05, 3.63) is 59.2 Å². The SMILES string of the molecule is CCCCCCCCCCCCCCCCOc1ccc(C(=O)Nc2cc(C(=O)NCCOC)ccc2C)cc1. The van der Waals surface area contributed by atoms with Crippen LogP contribution in [0.15, 0.2) is 42.5 Å². The number of amides is 2. The van der Waals surface area contributed by atoms with Gasteiger partial charge >= 0.3 is 0 Å². The molecular weight excluding hydrogens is 500 g/mol. The van der Waals surface area contributed by atoms with E-state index in [9.17, 15) is 9.59 Å². The van der Waals surface area contributed by atoms with Crippen molar-refractivity contribution in [3.63, 3.8) is 0 Å². The first-order valence-corrected chi connectivity index (χ1v) is 15.5. The molecule has 0 atom stereocenters. The molecule has 6 heteroatoms. The fourth-order valence-electron chi connectivity index (χ4n) is 4.65. The first-order chi connectivity index (χ1) is 19.5. The van der Waals surface area contributed by atoms with Gasteiger partial charge in [0.25, 0.3) is 11.8 Å². The Morgan fingerprint density at radius 1 is 0.675 bits per heavy atom. The minimum atomic E-state index is -0.224. The Bertz CT molecular complexity index is 974. The number of unbranched alkanes of at least 4 members (excludes halogenated alkanes) is 13. The van der Waals surface area contributed by atoms with E-state index in [1.54, 1.807) is 31.4 Å². The number of aryl methyl sites for hydroxylation is 1. The summed E-state index contributed by atoms with van der Waals surface area (Å²) in [6.07, 6.45) is 18.8. The average Bonchev–Trinajstić information content (AvgIpc) is 2.96. The van der Waals surface area contributed by atoms with Crippen molar-refractivity contribution in [2.45, 2.75) is 104 Å². The van der Waals surface area contributed by atoms with E-state index in [1.807, 2.05) is 25.1 Å². The molecular formula is C34H52N2O4. The van der Waals surface area contributed by atoms with Crippen molar-refractivity contribution in [3.8, 4) is 5.75 Å². The number of methoxy groups -OCH3 is 1. The summed E-state index contributed by atoms with van der Waals surface area (Å²) in [7, 11) is 1.59. The lowest BCUT2D eigenvalue weighted by molar-refractivity contribution is 0.0936. The summed E-state index contributed by atoms with van der Waals surface area (Å²) in [4.78, 5) is 25.1. The summed E-state index contributed by atoms with van der Waals surface area (Å²) in [5.41, 5.74) is 2.53. The molecule has 0 bridgehead atoms. The van der Waals surface area contributed by atoms with Gasteiger partial charge in [-0.15, -0.1) is 0 Å². The zero-order chi connectivity index (χ0) is 28.8. The predicted octanol–water partition coefficient (Wildman–Crippen LogP) is 8.48. The maximum Gasteiger partial charge on any atom is 0.255 e. The first kappa shape index (κ1) is 33.3. The van der Waals surface area contributed by atoms with E-state index in [-0.39, 0.29) is 11.8 Å². The zero-order valence-electron chi connectivity index (χ0n) is 25.2. The largest absolute Gasteiger partial charge is 0.494 e. The van der Waals surface area contributed by atoms with E-state index in [1.165, 1.54) is 83.5 Å². The Kier molecular flexibility index (Phi) is 17.5. The number of ether oxygens (including phenoxy) is 2. The predicted molar refractivity (Wildman–Crippen MR) is 166 cm³/mol. The molecule has 2 aromatic carbocycles. The molecule has 0 radical (unpaired) electrons. The Morgan fingerprint density at radius 2 is 1.23 bits per heavy atom. The van der Waals surface area contributed by atoms with E-state index in [4.69, 9.17) is 9.47 Å². The van der Waals surface area contributed by atoms with E-state index >= 15 is 0 Å². The van der Waals surface area contributed by atoms with Crippen LogP contribution < -0.4 is 15.4 Å². The van der Waals surface area contributed by atoms with E-state index in [0.717, 1.165) is 17.7 Å². The van der Waals surface area contributed by atoms with Crippen LogP contribution in [-0.2, 0) is 4.74 Å². The molecule has 0 fully saturated rings. The molecule has 2 aromatic rings. The number of rotatable bonds is 22. The smallest absolute Gasteiger partial charge is 0.255 e. The number of nitrogens with one attached hydrogen (secondary N) is 2. The third-order valence-electron chi connectivity index (χ3n) is 7.22. The summed E-state index contributed by atoms with van der Waals surface area (Å²) in [5, 5.41) is 5.72. The maximum atomic E-state index is 12.8. The van der Waals surface area contributed by atoms with Gasteiger partial charge in [-0.05, 0) is 55.3 Å². The molecule has 222 valence electrons. The van der Waals surface area contributed by atoms with Gasteiger partial charge in [0.05, 0.1) is 13.2 Å². The highest BCUT2D eigenvalue weighted by molar-refractivity contribution is 6.05. The Balaban J connectivity index is 1.60. The highest BCUT2D eigenvalue weighted by Gasteiger charge is 2.12. The summed E-state index contributed by atoms with van der Waals surface area (Å²) in [6.45, 7) is 5.74. The molecule has 2 rings (SSSR count). The Labute approximate surface area is 242 Å². The molecule has 0 unspecified atom stereocenters. The second kappa shape index (κ2) is 21.0. The molecule has 0 spiro atoms. The van der Waals surface area contributed by atoms with Gasteiger partial charge in [-0.3, -0.25) is 9.59 Å². The van der Waals surface area contributed by atoms with Crippen LogP contribution in [0.4, 0.5) is 5.69 Å². The zero-order valence-corrected chi connectivity index (χ0v) is 25.2. The van der Waals surface area contributed by atoms with Gasteiger partial charge in [-0.1, -0.05) is 96.5 Å². The molecule has 0 aliphatic carbocycles. The third-order valence-corrected chi connectivity index (χ3v) is 7.22. The van der Waals surface area contributed by atoms with E-state index in [0.29, 0.717) is 36.6 Å². The van der Waals surface area contributed by atoms with E-state index < -0.39 is 0 Å². The van der Waals surface area contributed by atoms with Gasteiger partial charge in [0.2, 0.25) is 0 Å². The van der Waals surface area contributed by atoms with Gasteiger partial charge in [-0.25, -0.2) is 0 Å². The number of hydrogen-bond acceptors (Lipinski definition) is 4. The second-order valence-corrected chi connectivity index (χ2v) is 10.7. The molecule has 0 saturated carbocycles. The van der Waals surface area contributed by atoms with Crippen molar-refractivity contribution in [1.29, 1.82) is 0 Å². The van der Waals surface area contributed by atoms with Gasteiger partial charge in [0.15, 0.2) is 0 Å². The van der Waals surface area contributed by atoms with Crippen LogP contribution in [0.5, 0.6) is 5.75 Å². The monoisotopic (exact) mass is 552 g/mol. The number of anilines is 1. The molecule has 0 aliphatic heterocycles. The minimum absolute atomic E-state index is 0.201. The summed E-state index contributed by atoms with van der Waals surface area (Å²) >= 11 is 0. The van der Waals surface area contributed by atoms with Crippen LogP contribution in [0.3, 0.4) is 0 Å². The second-order valence-electron chi connectivity index (χ2n) is 10.7. The quantitative estimate of drug-likeness (QED) is 0.144. The van der Waals surface area contributed by atoms with Crippen molar-refractivity contribution >= 4 is 17.5 Å². The number of benzene rings is 2. The van der Waals surface area contributed by atoms with Crippen LogP contribution >= 0.6 is 0 Å². The topological polar surface area (TPSA) is 76.7 Å². The Hall–Kier alpha value is -2.86. The van der Waals surface area contributed by atoms with Crippen molar-refractivity contribution in [2.24, 2.45) is 0 Å². The van der Waals surface area contributed by atoms with Crippen molar-refractivity contribution in [2.75, 3.05) is 32.2 Å². The van der Waals surface area contributed by atoms with Gasteiger partial charge in [0.1, 0.15) is 5.75 Å². The van der Waals surface area contributed by atoms with Crippen molar-refractivity contribution in [1.82, 2.24) is 5.32 Å². The van der Waals surface area contributed by atoms with E-state index in [2.05, 4.69) is 17.6 Å². The molecule has 40 heavy (non-hydrogen) atoms. The van der Waals surface area contributed by atoms with Crippen LogP contribution in [0.25, 0.3) is 0 Å². The lowest BCUT2D eigenvalue weighted by Crippen LogP contribution is -2.27. The number of hydrogen-bond donors (Lipinski definition) is 2. The normalized spacial score (nSPS) is 10.9. The number of carbonyl (C=O) groups excluding carboxylic acids is 2. The molecule has 2 amide bonds. The fraction of sp³-hybridized carbons (Fsp3) is 0.588. The standard InChI is InChI=1S/C34H52N2O4/c1-4-5-6-7-8-9-10-11-12-13-14-15-16-17-25-40-31-22-20-29(21-23-31)34(38)36-32-27-30(19-18-28(32)2)33(37)35-24-26-39-3/h18-23,27H,4-17,24-26H2,1-3H3,(H,35,37)(H,36,38). The first-order valence-electron chi connectivity index (χ1n) is 15.5. The minimum Gasteiger partial charge on any atom is -0.494 e. The van der Waals surface area contributed by atoms with Gasteiger partial charge in [-0.2, -0.15) is 0 Å². The average molecular weight is 553 g/mol. The summed E-state index contributed by atoms with van der Waals surface area (Å²) in [5.74, 6) is 0.351. The van der Waals surface area contributed by atoms with Gasteiger partial charge < -0.3 is 20.1 Å². The van der Waals surface area contributed by atoms with Crippen molar-refractivity contribution < 1.29 is 19.1 Å². The fourth-order valence-corrected chi connectivity index (χ4v) is 4.65. The molecule has 0 saturated heterocycles. The molecule has 2 N–H and O–H groups in total. The lowest BCUT2D eigenvalue weighted by Gasteiger charge is -2.12. The maximum absolute atomic E-state index is 12.8. The highest BCUT2D eigenvalue weighted by atomic mass is 16.5. The number of carbonyl (C=O) groups is 2. The van der Waals surface area contributed by atoms with Gasteiger partial charge in [0, 0.05) is 30.5 Å². The molecule has 0 aromatic heterocycles. The van der Waals surface area contributed by atoms with Crippen LogP contribution in [0, 0.1) is 6.92 Å². The summed E-state index contributed by atoms with van der Waals surface area (Å²) < 4.78 is 10.9. The van der Waals surface area contributed by atoms with Crippen LogP contribution in [0.1, 0.15) is 123 Å². The van der Waals surface area contributed by atoms with Crippen LogP contribution in [-0.4, -0.2) is 38.7 Å².